The van der Waals surface area contributed by atoms with Crippen molar-refractivity contribution in [1.29, 1.82) is 0 Å². The summed E-state index contributed by atoms with van der Waals surface area (Å²) in [7, 11) is 0. The highest BCUT2D eigenvalue weighted by atomic mass is 32.2. The van der Waals surface area contributed by atoms with Gasteiger partial charge in [0.05, 0.1) is 22.5 Å². The second kappa shape index (κ2) is 7.20. The summed E-state index contributed by atoms with van der Waals surface area (Å²) in [5.41, 5.74) is 4.51. The van der Waals surface area contributed by atoms with E-state index in [0.29, 0.717) is 15.8 Å². The minimum absolute atomic E-state index is 0.181. The lowest BCUT2D eigenvalue weighted by atomic mass is 10.1. The van der Waals surface area contributed by atoms with Crippen molar-refractivity contribution in [2.45, 2.75) is 13.8 Å². The fourth-order valence-electron chi connectivity index (χ4n) is 2.73. The Morgan fingerprint density at radius 1 is 1.07 bits per heavy atom. The van der Waals surface area contributed by atoms with Crippen LogP contribution in [-0.2, 0) is 4.79 Å². The van der Waals surface area contributed by atoms with Crippen molar-refractivity contribution in [2.75, 3.05) is 0 Å². The summed E-state index contributed by atoms with van der Waals surface area (Å²) < 4.78 is 0. The van der Waals surface area contributed by atoms with Crippen molar-refractivity contribution in [3.8, 4) is 5.69 Å². The molecule has 3 aromatic rings. The molecule has 0 radical (unpaired) electrons. The average molecular weight is 375 g/mol. The summed E-state index contributed by atoms with van der Waals surface area (Å²) in [6.45, 7) is 4.01. The van der Waals surface area contributed by atoms with Crippen molar-refractivity contribution in [3.63, 3.8) is 0 Å². The number of amides is 1. The van der Waals surface area contributed by atoms with Gasteiger partial charge in [0.15, 0.2) is 5.17 Å². The molecule has 1 aliphatic heterocycles. The van der Waals surface area contributed by atoms with Crippen LogP contribution in [0.15, 0.2) is 64.6 Å². The number of carbonyl (C=O) groups is 1. The molecule has 2 heterocycles. The van der Waals surface area contributed by atoms with Gasteiger partial charge in [-0.15, -0.1) is 5.10 Å². The zero-order valence-corrected chi connectivity index (χ0v) is 15.7. The molecule has 7 heteroatoms. The first-order valence-electron chi connectivity index (χ1n) is 8.44. The van der Waals surface area contributed by atoms with Crippen molar-refractivity contribution >= 4 is 34.6 Å². The summed E-state index contributed by atoms with van der Waals surface area (Å²) in [6.07, 6.45) is 3.36. The highest BCUT2D eigenvalue weighted by molar-refractivity contribution is 8.18. The van der Waals surface area contributed by atoms with Gasteiger partial charge in [-0.05, 0) is 54.9 Å². The van der Waals surface area contributed by atoms with Crippen molar-refractivity contribution in [2.24, 2.45) is 4.99 Å². The number of amidine groups is 1. The van der Waals surface area contributed by atoms with Crippen LogP contribution in [0.2, 0.25) is 0 Å². The summed E-state index contributed by atoms with van der Waals surface area (Å²) in [5, 5.41) is 12.0. The van der Waals surface area contributed by atoms with Crippen LogP contribution in [-0.4, -0.2) is 26.1 Å². The van der Waals surface area contributed by atoms with E-state index in [4.69, 9.17) is 0 Å². The van der Waals surface area contributed by atoms with E-state index in [0.717, 1.165) is 22.5 Å². The van der Waals surface area contributed by atoms with Crippen LogP contribution in [0.3, 0.4) is 0 Å². The Hall–Kier alpha value is -3.19. The van der Waals surface area contributed by atoms with Gasteiger partial charge in [-0.1, -0.05) is 36.4 Å². The van der Waals surface area contributed by atoms with E-state index in [-0.39, 0.29) is 5.91 Å². The number of aryl methyl sites for hydroxylation is 2. The van der Waals surface area contributed by atoms with Gasteiger partial charge in [-0.25, -0.2) is 4.99 Å². The molecule has 0 bridgehead atoms. The third kappa shape index (κ3) is 3.68. The minimum atomic E-state index is -0.181. The third-order valence-corrected chi connectivity index (χ3v) is 4.99. The molecule has 27 heavy (non-hydrogen) atoms. The molecule has 2 aromatic carbocycles. The van der Waals surface area contributed by atoms with Gasteiger partial charge in [0, 0.05) is 0 Å². The first-order valence-corrected chi connectivity index (χ1v) is 9.25. The first-order chi connectivity index (χ1) is 13.1. The van der Waals surface area contributed by atoms with E-state index < -0.39 is 0 Å². The number of hydrogen-bond acceptors (Lipinski definition) is 5. The first kappa shape index (κ1) is 17.2. The van der Waals surface area contributed by atoms with Crippen LogP contribution >= 0.6 is 11.8 Å². The molecule has 0 unspecified atom stereocenters. The molecule has 0 aliphatic carbocycles. The number of rotatable bonds is 3. The smallest absolute Gasteiger partial charge is 0.264 e. The van der Waals surface area contributed by atoms with Crippen LogP contribution < -0.4 is 5.32 Å². The van der Waals surface area contributed by atoms with Gasteiger partial charge in [-0.3, -0.25) is 4.79 Å². The standard InChI is InChI=1S/C20H17N5OS/c1-13-7-6-8-14(2)18(13)22-20-23-19(26)17(27-20)11-15-12-21-25(24-15)16-9-4-3-5-10-16/h3-12H,1-2H3,(H,22,23,26)/b17-11+. The summed E-state index contributed by atoms with van der Waals surface area (Å²) in [6, 6.07) is 15.6. The van der Waals surface area contributed by atoms with Crippen LogP contribution in [0.25, 0.3) is 11.8 Å². The van der Waals surface area contributed by atoms with Gasteiger partial charge < -0.3 is 5.32 Å². The lowest BCUT2D eigenvalue weighted by Crippen LogP contribution is -2.19. The fraction of sp³-hybridized carbons (Fsp3) is 0.100. The van der Waals surface area contributed by atoms with Gasteiger partial charge >= 0.3 is 0 Å². The molecule has 1 amide bonds. The van der Waals surface area contributed by atoms with Crippen LogP contribution in [0.5, 0.6) is 0 Å². The Labute approximate surface area is 161 Å². The van der Waals surface area contributed by atoms with E-state index in [1.807, 2.05) is 62.4 Å². The zero-order chi connectivity index (χ0) is 18.8. The summed E-state index contributed by atoms with van der Waals surface area (Å²) in [5.74, 6) is -0.181. The van der Waals surface area contributed by atoms with Crippen molar-refractivity contribution in [3.05, 3.63) is 76.5 Å². The normalized spacial score (nSPS) is 16.9. The van der Waals surface area contributed by atoms with Crippen LogP contribution in [0, 0.1) is 13.8 Å². The van der Waals surface area contributed by atoms with E-state index in [1.165, 1.54) is 16.6 Å². The second-order valence-electron chi connectivity index (χ2n) is 6.12. The second-order valence-corrected chi connectivity index (χ2v) is 7.15. The Bertz CT molecular complexity index is 1050. The predicted molar refractivity (Wildman–Crippen MR) is 108 cm³/mol. The Kier molecular flexibility index (Phi) is 4.60. The molecule has 1 fully saturated rings. The Morgan fingerprint density at radius 2 is 1.81 bits per heavy atom. The van der Waals surface area contributed by atoms with Crippen LogP contribution in [0.4, 0.5) is 5.69 Å². The number of benzene rings is 2. The van der Waals surface area contributed by atoms with E-state index >= 15 is 0 Å². The molecule has 0 spiro atoms. The van der Waals surface area contributed by atoms with Gasteiger partial charge in [0.2, 0.25) is 0 Å². The largest absolute Gasteiger partial charge is 0.300 e. The number of hydrogen-bond donors (Lipinski definition) is 1. The van der Waals surface area contributed by atoms with E-state index in [9.17, 15) is 4.79 Å². The van der Waals surface area contributed by atoms with Gasteiger partial charge in [-0.2, -0.15) is 9.90 Å². The molecule has 6 nitrogen and oxygen atoms in total. The quantitative estimate of drug-likeness (QED) is 0.707. The van der Waals surface area contributed by atoms with Gasteiger partial charge in [0.25, 0.3) is 5.91 Å². The molecular formula is C20H17N5OS. The minimum Gasteiger partial charge on any atom is -0.300 e. The SMILES string of the molecule is Cc1cccc(C)c1N=C1NC(=O)/C(=C\c2cnn(-c3ccccc3)n2)S1. The highest BCUT2D eigenvalue weighted by Crippen LogP contribution is 2.30. The van der Waals surface area contributed by atoms with E-state index in [2.05, 4.69) is 20.5 Å². The Morgan fingerprint density at radius 3 is 2.56 bits per heavy atom. The molecule has 134 valence electrons. The molecular weight excluding hydrogens is 358 g/mol. The van der Waals surface area contributed by atoms with Crippen molar-refractivity contribution in [1.82, 2.24) is 20.3 Å². The van der Waals surface area contributed by atoms with Crippen molar-refractivity contribution < 1.29 is 4.79 Å². The number of aliphatic imine (C=N–C) groups is 1. The molecule has 4 rings (SSSR count). The number of nitrogens with zero attached hydrogens (tertiary/aromatic N) is 4. The molecule has 0 atom stereocenters. The maximum absolute atomic E-state index is 12.3. The zero-order valence-electron chi connectivity index (χ0n) is 14.9. The monoisotopic (exact) mass is 375 g/mol. The molecule has 1 N–H and O–H groups in total. The van der Waals surface area contributed by atoms with Crippen LogP contribution in [0.1, 0.15) is 16.8 Å². The summed E-state index contributed by atoms with van der Waals surface area (Å²) in [4.78, 5) is 19.0. The maximum Gasteiger partial charge on any atom is 0.264 e. The molecule has 0 saturated carbocycles. The Balaban J connectivity index is 1.58. The van der Waals surface area contributed by atoms with Gasteiger partial charge in [0.1, 0.15) is 5.69 Å². The number of carbonyl (C=O) groups excluding carboxylic acids is 1. The number of para-hydroxylation sites is 2. The number of aromatic nitrogens is 3. The lowest BCUT2D eigenvalue weighted by molar-refractivity contribution is -0.115. The summed E-state index contributed by atoms with van der Waals surface area (Å²) >= 11 is 1.30. The fourth-order valence-corrected chi connectivity index (χ4v) is 3.54. The highest BCUT2D eigenvalue weighted by Gasteiger charge is 2.24. The topological polar surface area (TPSA) is 72.2 Å². The van der Waals surface area contributed by atoms with E-state index in [1.54, 1.807) is 12.3 Å². The number of thioether (sulfide) groups is 1. The predicted octanol–water partition coefficient (Wildman–Crippen LogP) is 3.78. The average Bonchev–Trinajstić information content (AvgIpc) is 3.26. The molecule has 1 saturated heterocycles. The molecule has 1 aromatic heterocycles. The maximum atomic E-state index is 12.3. The number of nitrogens with one attached hydrogen (secondary N) is 1. The molecule has 1 aliphatic rings. The third-order valence-electron chi connectivity index (χ3n) is 4.08. The lowest BCUT2D eigenvalue weighted by Gasteiger charge is -2.04.